The highest BCUT2D eigenvalue weighted by atomic mass is 19.4. The second kappa shape index (κ2) is 5.17. The molecule has 1 aromatic heterocycles. The van der Waals surface area contributed by atoms with Gasteiger partial charge in [-0.05, 0) is 23.8 Å². The first-order valence-electron chi connectivity index (χ1n) is 5.48. The van der Waals surface area contributed by atoms with E-state index in [1.807, 2.05) is 0 Å². The van der Waals surface area contributed by atoms with E-state index in [4.69, 9.17) is 0 Å². The van der Waals surface area contributed by atoms with Crippen LogP contribution in [0.1, 0.15) is 0 Å². The molecule has 1 N–H and O–H groups in total. The highest BCUT2D eigenvalue weighted by molar-refractivity contribution is 5.72. The number of hydrogen-bond donors (Lipinski definition) is 1. The summed E-state index contributed by atoms with van der Waals surface area (Å²) in [5, 5.41) is 2.83. The number of pyridine rings is 1. The Kier molecular flexibility index (Phi) is 3.59. The lowest BCUT2D eigenvalue weighted by Crippen LogP contribution is -2.17. The number of para-hydroxylation sites is 1. The number of nitrogens with zero attached hydrogens (tertiary/aromatic N) is 1. The Morgan fingerprint density at radius 2 is 1.89 bits per heavy atom. The Hall–Kier alpha value is -2.24. The molecule has 2 aromatic rings. The normalized spacial score (nSPS) is 11.2. The number of anilines is 1. The van der Waals surface area contributed by atoms with E-state index in [9.17, 15) is 13.2 Å². The zero-order chi connectivity index (χ0) is 13.9. The first-order valence-corrected chi connectivity index (χ1v) is 5.48. The van der Waals surface area contributed by atoms with Crippen LogP contribution in [0.2, 0.25) is 0 Å². The fourth-order valence-electron chi connectivity index (χ4n) is 1.65. The average molecular weight is 268 g/mol. The molecule has 0 aliphatic heterocycles. The first-order chi connectivity index (χ1) is 8.99. The zero-order valence-corrected chi connectivity index (χ0v) is 10.0. The minimum atomic E-state index is -4.71. The fraction of sp³-hybridized carbons (Fsp3) is 0.154. The van der Waals surface area contributed by atoms with Gasteiger partial charge in [-0.3, -0.25) is 0 Å². The second-order valence-electron chi connectivity index (χ2n) is 3.72. The Morgan fingerprint density at radius 3 is 2.58 bits per heavy atom. The quantitative estimate of drug-likeness (QED) is 0.921. The molecular formula is C13H11F3N2O. The summed E-state index contributed by atoms with van der Waals surface area (Å²) in [6.45, 7) is 0. The maximum Gasteiger partial charge on any atom is 0.573 e. The van der Waals surface area contributed by atoms with Crippen molar-refractivity contribution in [2.45, 2.75) is 6.36 Å². The summed E-state index contributed by atoms with van der Waals surface area (Å²) in [4.78, 5) is 4.01. The van der Waals surface area contributed by atoms with Gasteiger partial charge in [0.1, 0.15) is 11.6 Å². The number of alkyl halides is 3. The van der Waals surface area contributed by atoms with Crippen molar-refractivity contribution < 1.29 is 17.9 Å². The summed E-state index contributed by atoms with van der Waals surface area (Å²) in [5.74, 6) is 0.336. The van der Waals surface area contributed by atoms with E-state index in [1.54, 1.807) is 31.3 Å². The molecule has 19 heavy (non-hydrogen) atoms. The number of halogens is 3. The third kappa shape index (κ3) is 3.37. The predicted octanol–water partition coefficient (Wildman–Crippen LogP) is 3.69. The minimum Gasteiger partial charge on any atom is -0.405 e. The van der Waals surface area contributed by atoms with Gasteiger partial charge in [0.2, 0.25) is 0 Å². The summed E-state index contributed by atoms with van der Waals surface area (Å²) in [5.41, 5.74) is 0.956. The van der Waals surface area contributed by atoms with Gasteiger partial charge in [0.25, 0.3) is 0 Å². The molecule has 2 rings (SSSR count). The van der Waals surface area contributed by atoms with E-state index in [0.717, 1.165) is 0 Å². The molecule has 0 bridgehead atoms. The average Bonchev–Trinajstić information content (AvgIpc) is 2.37. The molecule has 0 aliphatic carbocycles. The third-order valence-electron chi connectivity index (χ3n) is 2.44. The molecule has 0 atom stereocenters. The molecule has 0 saturated carbocycles. The maximum atomic E-state index is 12.3. The molecule has 0 aliphatic rings. The number of hydrogen-bond acceptors (Lipinski definition) is 3. The molecule has 1 aromatic carbocycles. The molecule has 0 saturated heterocycles. The van der Waals surface area contributed by atoms with Crippen LogP contribution in [-0.2, 0) is 0 Å². The van der Waals surface area contributed by atoms with Crippen molar-refractivity contribution in [3.8, 4) is 16.9 Å². The monoisotopic (exact) mass is 268 g/mol. The van der Waals surface area contributed by atoms with Crippen molar-refractivity contribution in [3.63, 3.8) is 0 Å². The Bertz CT molecular complexity index is 570. The van der Waals surface area contributed by atoms with Crippen LogP contribution >= 0.6 is 0 Å². The van der Waals surface area contributed by atoms with Gasteiger partial charge < -0.3 is 10.1 Å². The van der Waals surface area contributed by atoms with Crippen LogP contribution in [-0.4, -0.2) is 18.4 Å². The van der Waals surface area contributed by atoms with Crippen molar-refractivity contribution in [1.82, 2.24) is 4.98 Å². The standard InChI is InChI=1S/C13H11F3N2O/c1-17-12-8-9(6-7-18-12)10-4-2-3-5-11(10)19-13(14,15)16/h2-8H,1H3,(H,17,18). The summed E-state index contributed by atoms with van der Waals surface area (Å²) >= 11 is 0. The summed E-state index contributed by atoms with van der Waals surface area (Å²) < 4.78 is 41.0. The lowest BCUT2D eigenvalue weighted by Gasteiger charge is -2.13. The van der Waals surface area contributed by atoms with Gasteiger partial charge in [-0.2, -0.15) is 0 Å². The molecule has 0 spiro atoms. The van der Waals surface area contributed by atoms with Gasteiger partial charge in [0.05, 0.1) is 0 Å². The maximum absolute atomic E-state index is 12.3. The van der Waals surface area contributed by atoms with Gasteiger partial charge in [-0.15, -0.1) is 13.2 Å². The Morgan fingerprint density at radius 1 is 1.16 bits per heavy atom. The first kappa shape index (κ1) is 13.2. The van der Waals surface area contributed by atoms with Gasteiger partial charge in [-0.1, -0.05) is 18.2 Å². The van der Waals surface area contributed by atoms with Crippen LogP contribution in [0.4, 0.5) is 19.0 Å². The van der Waals surface area contributed by atoms with E-state index >= 15 is 0 Å². The molecule has 3 nitrogen and oxygen atoms in total. The van der Waals surface area contributed by atoms with E-state index in [-0.39, 0.29) is 5.75 Å². The number of rotatable bonds is 3. The third-order valence-corrected chi connectivity index (χ3v) is 2.44. The summed E-state index contributed by atoms with van der Waals surface area (Å²) in [6.07, 6.45) is -3.19. The fourth-order valence-corrected chi connectivity index (χ4v) is 1.65. The Labute approximate surface area is 108 Å². The number of nitrogens with one attached hydrogen (secondary N) is 1. The van der Waals surface area contributed by atoms with Crippen LogP contribution < -0.4 is 10.1 Å². The highest BCUT2D eigenvalue weighted by Gasteiger charge is 2.32. The van der Waals surface area contributed by atoms with Crippen molar-refractivity contribution in [3.05, 3.63) is 42.6 Å². The van der Waals surface area contributed by atoms with Crippen molar-refractivity contribution >= 4 is 5.82 Å². The topological polar surface area (TPSA) is 34.1 Å². The lowest BCUT2D eigenvalue weighted by atomic mass is 10.1. The van der Waals surface area contributed by atoms with Gasteiger partial charge in [0.15, 0.2) is 0 Å². The lowest BCUT2D eigenvalue weighted by molar-refractivity contribution is -0.274. The van der Waals surface area contributed by atoms with E-state index in [2.05, 4.69) is 15.0 Å². The molecular weight excluding hydrogens is 257 g/mol. The summed E-state index contributed by atoms with van der Waals surface area (Å²) in [6, 6.07) is 9.26. The van der Waals surface area contributed by atoms with Crippen LogP contribution in [0.25, 0.3) is 11.1 Å². The van der Waals surface area contributed by atoms with Crippen LogP contribution in [0.5, 0.6) is 5.75 Å². The van der Waals surface area contributed by atoms with Gasteiger partial charge in [-0.25, -0.2) is 4.98 Å². The van der Waals surface area contributed by atoms with Crippen LogP contribution in [0.3, 0.4) is 0 Å². The zero-order valence-electron chi connectivity index (χ0n) is 10.0. The molecule has 0 amide bonds. The van der Waals surface area contributed by atoms with Crippen molar-refractivity contribution in [2.75, 3.05) is 12.4 Å². The predicted molar refractivity (Wildman–Crippen MR) is 65.9 cm³/mol. The molecule has 1 heterocycles. The van der Waals surface area contributed by atoms with Crippen LogP contribution in [0.15, 0.2) is 42.6 Å². The van der Waals surface area contributed by atoms with E-state index < -0.39 is 6.36 Å². The molecule has 0 fully saturated rings. The van der Waals surface area contributed by atoms with Crippen molar-refractivity contribution in [1.29, 1.82) is 0 Å². The molecule has 100 valence electrons. The number of benzene rings is 1. The van der Waals surface area contributed by atoms with Crippen molar-refractivity contribution in [2.24, 2.45) is 0 Å². The van der Waals surface area contributed by atoms with E-state index in [0.29, 0.717) is 16.9 Å². The highest BCUT2D eigenvalue weighted by Crippen LogP contribution is 2.34. The molecule has 0 unspecified atom stereocenters. The van der Waals surface area contributed by atoms with Gasteiger partial charge in [0, 0.05) is 18.8 Å². The largest absolute Gasteiger partial charge is 0.573 e. The SMILES string of the molecule is CNc1cc(-c2ccccc2OC(F)(F)F)ccn1. The van der Waals surface area contributed by atoms with Crippen LogP contribution in [0, 0.1) is 0 Å². The van der Waals surface area contributed by atoms with Gasteiger partial charge >= 0.3 is 6.36 Å². The minimum absolute atomic E-state index is 0.233. The Balaban J connectivity index is 2.44. The number of aromatic nitrogens is 1. The molecule has 0 radical (unpaired) electrons. The van der Waals surface area contributed by atoms with E-state index in [1.165, 1.54) is 18.3 Å². The second-order valence-corrected chi connectivity index (χ2v) is 3.72. The smallest absolute Gasteiger partial charge is 0.405 e. The molecule has 6 heteroatoms. The number of ether oxygens (including phenoxy) is 1. The summed E-state index contributed by atoms with van der Waals surface area (Å²) in [7, 11) is 1.68.